The Bertz CT molecular complexity index is 519. The summed E-state index contributed by atoms with van der Waals surface area (Å²) in [6.07, 6.45) is 2.84. The Labute approximate surface area is 137 Å². The molecule has 1 aromatic carbocycles. The topological polar surface area (TPSA) is 41.9 Å². The first kappa shape index (κ1) is 17.4. The van der Waals surface area contributed by atoms with Crippen molar-refractivity contribution in [1.29, 1.82) is 0 Å². The van der Waals surface area contributed by atoms with E-state index in [1.807, 2.05) is 19.2 Å². The maximum atomic E-state index is 10.3. The molecule has 2 rings (SSSR count). The molecule has 0 bridgehead atoms. The van der Waals surface area contributed by atoms with Crippen molar-refractivity contribution in [3.05, 3.63) is 17.7 Å². The van der Waals surface area contributed by atoms with Gasteiger partial charge in [0, 0.05) is 25.2 Å². The van der Waals surface area contributed by atoms with Crippen LogP contribution in [-0.2, 0) is 6.54 Å². The Morgan fingerprint density at radius 1 is 1.32 bits per heavy atom. The van der Waals surface area contributed by atoms with Crippen LogP contribution in [0.25, 0.3) is 0 Å². The normalized spacial score (nSPS) is 26.0. The Kier molecular flexibility index (Phi) is 5.64. The number of methoxy groups -OCH3 is 2. The molecular weight excluding hydrogens is 298 g/mol. The minimum Gasteiger partial charge on any atom is -0.496 e. The summed E-state index contributed by atoms with van der Waals surface area (Å²) in [5.74, 6) is 2.05. The second-order valence-electron chi connectivity index (χ2n) is 6.26. The van der Waals surface area contributed by atoms with E-state index in [-0.39, 0.29) is 5.92 Å². The van der Waals surface area contributed by atoms with Crippen molar-refractivity contribution in [2.24, 2.45) is 5.92 Å². The van der Waals surface area contributed by atoms with Crippen LogP contribution in [0, 0.1) is 5.92 Å². The van der Waals surface area contributed by atoms with E-state index < -0.39 is 5.60 Å². The Balaban J connectivity index is 2.19. The average Bonchev–Trinajstić information content (AvgIpc) is 2.50. The van der Waals surface area contributed by atoms with Crippen LogP contribution >= 0.6 is 11.8 Å². The molecule has 0 saturated carbocycles. The summed E-state index contributed by atoms with van der Waals surface area (Å²) in [5, 5.41) is 10.3. The van der Waals surface area contributed by atoms with E-state index in [1.165, 1.54) is 0 Å². The monoisotopic (exact) mass is 325 g/mol. The smallest absolute Gasteiger partial charge is 0.132 e. The number of benzene rings is 1. The fourth-order valence-corrected chi connectivity index (χ4v) is 3.47. The molecule has 0 aromatic heterocycles. The third-order valence-corrected chi connectivity index (χ3v) is 5.47. The highest BCUT2D eigenvalue weighted by atomic mass is 32.2. The number of nitrogens with zero attached hydrogens (tertiary/aromatic N) is 1. The SMILES string of the molecule is COc1cc(SC)c(OC)cc1CN1CC[C@](C)(O)[C@H](C)C1. The van der Waals surface area contributed by atoms with Gasteiger partial charge in [-0.25, -0.2) is 0 Å². The fraction of sp³-hybridized carbons (Fsp3) is 0.647. The molecule has 2 atom stereocenters. The lowest BCUT2D eigenvalue weighted by Crippen LogP contribution is -2.48. The van der Waals surface area contributed by atoms with Crippen molar-refractivity contribution in [2.45, 2.75) is 37.3 Å². The number of rotatable bonds is 5. The van der Waals surface area contributed by atoms with E-state index in [0.717, 1.165) is 48.0 Å². The number of piperidine rings is 1. The molecule has 0 aliphatic carbocycles. The van der Waals surface area contributed by atoms with Gasteiger partial charge in [0.05, 0.1) is 24.7 Å². The van der Waals surface area contributed by atoms with E-state index in [9.17, 15) is 5.11 Å². The van der Waals surface area contributed by atoms with Gasteiger partial charge in [-0.2, -0.15) is 0 Å². The predicted octanol–water partition coefficient (Wildman–Crippen LogP) is 3.02. The molecule has 1 aromatic rings. The Morgan fingerprint density at radius 3 is 2.55 bits per heavy atom. The van der Waals surface area contributed by atoms with Crippen molar-refractivity contribution in [2.75, 3.05) is 33.6 Å². The van der Waals surface area contributed by atoms with Gasteiger partial charge in [0.25, 0.3) is 0 Å². The number of ether oxygens (including phenoxy) is 2. The molecular formula is C17H27NO3S. The first-order valence-electron chi connectivity index (χ1n) is 7.65. The summed E-state index contributed by atoms with van der Waals surface area (Å²) >= 11 is 1.65. The molecule has 1 N–H and O–H groups in total. The first-order valence-corrected chi connectivity index (χ1v) is 8.87. The van der Waals surface area contributed by atoms with Crippen LogP contribution in [0.5, 0.6) is 11.5 Å². The summed E-state index contributed by atoms with van der Waals surface area (Å²) in [7, 11) is 3.41. The molecule has 1 fully saturated rings. The molecule has 1 saturated heterocycles. The van der Waals surface area contributed by atoms with Crippen LogP contribution in [0.15, 0.2) is 17.0 Å². The second-order valence-corrected chi connectivity index (χ2v) is 7.11. The number of hydrogen-bond donors (Lipinski definition) is 1. The van der Waals surface area contributed by atoms with Crippen LogP contribution in [0.2, 0.25) is 0 Å². The maximum Gasteiger partial charge on any atom is 0.132 e. The minimum atomic E-state index is -0.555. The zero-order valence-electron chi connectivity index (χ0n) is 14.2. The van der Waals surface area contributed by atoms with Gasteiger partial charge in [0.2, 0.25) is 0 Å². The Hall–Kier alpha value is -0.910. The highest BCUT2D eigenvalue weighted by Gasteiger charge is 2.34. The van der Waals surface area contributed by atoms with Gasteiger partial charge in [-0.3, -0.25) is 4.90 Å². The summed E-state index contributed by atoms with van der Waals surface area (Å²) in [6, 6.07) is 4.12. The van der Waals surface area contributed by atoms with Crippen molar-refractivity contribution < 1.29 is 14.6 Å². The fourth-order valence-electron chi connectivity index (χ4n) is 2.91. The molecule has 5 heteroatoms. The molecule has 22 heavy (non-hydrogen) atoms. The first-order chi connectivity index (χ1) is 10.4. The van der Waals surface area contributed by atoms with Crippen LogP contribution in [-0.4, -0.2) is 49.2 Å². The van der Waals surface area contributed by atoms with Gasteiger partial charge in [-0.05, 0) is 37.7 Å². The number of hydrogen-bond acceptors (Lipinski definition) is 5. The van der Waals surface area contributed by atoms with Crippen molar-refractivity contribution >= 4 is 11.8 Å². The number of likely N-dealkylation sites (tertiary alicyclic amines) is 1. The van der Waals surface area contributed by atoms with Gasteiger partial charge in [0.15, 0.2) is 0 Å². The molecule has 0 radical (unpaired) electrons. The molecule has 1 aliphatic rings. The summed E-state index contributed by atoms with van der Waals surface area (Å²) in [4.78, 5) is 3.46. The lowest BCUT2D eigenvalue weighted by molar-refractivity contribution is -0.0524. The molecule has 124 valence electrons. The Morgan fingerprint density at radius 2 is 2.00 bits per heavy atom. The van der Waals surface area contributed by atoms with Crippen LogP contribution in [0.1, 0.15) is 25.8 Å². The predicted molar refractivity (Wildman–Crippen MR) is 91.0 cm³/mol. The summed E-state index contributed by atoms with van der Waals surface area (Å²) in [5.41, 5.74) is 0.576. The standard InChI is InChI=1S/C17H27NO3S/c1-12-10-18(7-6-17(12,2)19)11-13-8-15(21-4)16(22-5)9-14(13)20-3/h8-9,12,19H,6-7,10-11H2,1-5H3/t12-,17+/m1/s1. The second kappa shape index (κ2) is 7.11. The summed E-state index contributed by atoms with van der Waals surface area (Å²) in [6.45, 7) is 6.65. The lowest BCUT2D eigenvalue weighted by Gasteiger charge is -2.41. The zero-order valence-corrected chi connectivity index (χ0v) is 15.0. The van der Waals surface area contributed by atoms with Gasteiger partial charge < -0.3 is 14.6 Å². The molecule has 1 aliphatic heterocycles. The van der Waals surface area contributed by atoms with E-state index in [1.54, 1.807) is 26.0 Å². The average molecular weight is 325 g/mol. The molecule has 1 heterocycles. The third-order valence-electron chi connectivity index (χ3n) is 4.71. The number of thioether (sulfide) groups is 1. The van der Waals surface area contributed by atoms with Gasteiger partial charge in [-0.1, -0.05) is 6.92 Å². The minimum absolute atomic E-state index is 0.264. The van der Waals surface area contributed by atoms with E-state index in [2.05, 4.69) is 17.9 Å². The van der Waals surface area contributed by atoms with E-state index in [4.69, 9.17) is 9.47 Å². The van der Waals surface area contributed by atoms with Crippen molar-refractivity contribution in [3.63, 3.8) is 0 Å². The van der Waals surface area contributed by atoms with E-state index >= 15 is 0 Å². The third kappa shape index (κ3) is 3.70. The maximum absolute atomic E-state index is 10.3. The zero-order chi connectivity index (χ0) is 16.3. The lowest BCUT2D eigenvalue weighted by atomic mass is 9.84. The quantitative estimate of drug-likeness (QED) is 0.843. The van der Waals surface area contributed by atoms with Gasteiger partial charge in [0.1, 0.15) is 11.5 Å². The van der Waals surface area contributed by atoms with Gasteiger partial charge in [-0.15, -0.1) is 11.8 Å². The van der Waals surface area contributed by atoms with E-state index in [0.29, 0.717) is 0 Å². The molecule has 0 amide bonds. The van der Waals surface area contributed by atoms with Crippen LogP contribution in [0.4, 0.5) is 0 Å². The highest BCUT2D eigenvalue weighted by Crippen LogP contribution is 2.36. The van der Waals surface area contributed by atoms with Crippen molar-refractivity contribution in [1.82, 2.24) is 4.90 Å². The van der Waals surface area contributed by atoms with Gasteiger partial charge >= 0.3 is 0 Å². The molecule has 0 spiro atoms. The van der Waals surface area contributed by atoms with Crippen LogP contribution in [0.3, 0.4) is 0 Å². The molecule has 4 nitrogen and oxygen atoms in total. The van der Waals surface area contributed by atoms with Crippen LogP contribution < -0.4 is 9.47 Å². The number of aliphatic hydroxyl groups is 1. The van der Waals surface area contributed by atoms with Crippen molar-refractivity contribution in [3.8, 4) is 11.5 Å². The molecule has 0 unspecified atom stereocenters. The highest BCUT2D eigenvalue weighted by molar-refractivity contribution is 7.98. The largest absolute Gasteiger partial charge is 0.496 e. The summed E-state index contributed by atoms with van der Waals surface area (Å²) < 4.78 is 11.0.